The molecular formula is C9H7BrO3. The third kappa shape index (κ3) is 2.91. The highest BCUT2D eigenvalue weighted by Crippen LogP contribution is 2.23. The van der Waals surface area contributed by atoms with Crippen molar-refractivity contribution in [1.82, 2.24) is 0 Å². The van der Waals surface area contributed by atoms with Crippen molar-refractivity contribution in [3.8, 4) is 5.75 Å². The minimum Gasteiger partial charge on any atom is -0.507 e. The number of aliphatic carboxylic acids is 1. The normalized spacial score (nSPS) is 10.5. The monoisotopic (exact) mass is 242 g/mol. The van der Waals surface area contributed by atoms with Gasteiger partial charge in [-0.2, -0.15) is 0 Å². The van der Waals surface area contributed by atoms with Gasteiger partial charge in [-0.25, -0.2) is 4.79 Å². The Hall–Kier alpha value is -1.29. The Bertz CT molecular complexity index is 358. The maximum absolute atomic E-state index is 10.2. The van der Waals surface area contributed by atoms with Crippen molar-refractivity contribution in [2.45, 2.75) is 0 Å². The van der Waals surface area contributed by atoms with Crippen LogP contribution in [0.2, 0.25) is 0 Å². The van der Waals surface area contributed by atoms with Gasteiger partial charge < -0.3 is 10.2 Å². The van der Waals surface area contributed by atoms with Gasteiger partial charge in [-0.15, -0.1) is 0 Å². The van der Waals surface area contributed by atoms with Gasteiger partial charge in [-0.1, -0.05) is 22.0 Å². The SMILES string of the molecule is O=C(O)/C=C/c1ccc(Br)cc1O. The summed E-state index contributed by atoms with van der Waals surface area (Å²) in [5.74, 6) is -0.991. The number of rotatable bonds is 2. The highest BCUT2D eigenvalue weighted by molar-refractivity contribution is 9.10. The standard InChI is InChI=1S/C9H7BrO3/c10-7-3-1-6(8(11)5-7)2-4-9(12)13/h1-5,11H,(H,12,13)/b4-2+. The van der Waals surface area contributed by atoms with E-state index < -0.39 is 5.97 Å². The third-order valence-corrected chi connectivity index (χ3v) is 1.89. The van der Waals surface area contributed by atoms with Gasteiger partial charge >= 0.3 is 5.97 Å². The number of carbonyl (C=O) groups is 1. The zero-order valence-corrected chi connectivity index (χ0v) is 8.15. The molecule has 0 aliphatic carbocycles. The van der Waals surface area contributed by atoms with Crippen LogP contribution in [0.4, 0.5) is 0 Å². The van der Waals surface area contributed by atoms with Crippen molar-refractivity contribution < 1.29 is 15.0 Å². The average molecular weight is 243 g/mol. The molecule has 0 atom stereocenters. The van der Waals surface area contributed by atoms with Crippen LogP contribution in [-0.2, 0) is 4.79 Å². The summed E-state index contributed by atoms with van der Waals surface area (Å²) in [6, 6.07) is 4.85. The van der Waals surface area contributed by atoms with Crippen molar-refractivity contribution in [1.29, 1.82) is 0 Å². The second-order valence-electron chi connectivity index (χ2n) is 2.37. The first kappa shape index (κ1) is 9.80. The highest BCUT2D eigenvalue weighted by atomic mass is 79.9. The second kappa shape index (κ2) is 4.09. The zero-order chi connectivity index (χ0) is 9.84. The van der Waals surface area contributed by atoms with Crippen LogP contribution in [0.5, 0.6) is 5.75 Å². The number of hydrogen-bond acceptors (Lipinski definition) is 2. The van der Waals surface area contributed by atoms with Gasteiger partial charge in [0.25, 0.3) is 0 Å². The molecule has 0 saturated heterocycles. The van der Waals surface area contributed by atoms with E-state index in [9.17, 15) is 9.90 Å². The lowest BCUT2D eigenvalue weighted by Crippen LogP contribution is -1.85. The van der Waals surface area contributed by atoms with E-state index in [-0.39, 0.29) is 5.75 Å². The van der Waals surface area contributed by atoms with Gasteiger partial charge in [0.05, 0.1) is 0 Å². The molecule has 3 nitrogen and oxygen atoms in total. The van der Waals surface area contributed by atoms with Crippen LogP contribution in [0.1, 0.15) is 5.56 Å². The fourth-order valence-corrected chi connectivity index (χ4v) is 1.17. The minimum absolute atomic E-state index is 0.0480. The van der Waals surface area contributed by atoms with Gasteiger partial charge in [0.2, 0.25) is 0 Å². The van der Waals surface area contributed by atoms with Gasteiger partial charge in [0.15, 0.2) is 0 Å². The van der Waals surface area contributed by atoms with Crippen LogP contribution in [0.15, 0.2) is 28.7 Å². The lowest BCUT2D eigenvalue weighted by Gasteiger charge is -1.98. The molecule has 0 bridgehead atoms. The number of carboxylic acids is 1. The Kier molecular flexibility index (Phi) is 3.08. The molecule has 0 saturated carbocycles. The van der Waals surface area contributed by atoms with Crippen LogP contribution in [0.25, 0.3) is 6.08 Å². The number of halogens is 1. The molecule has 2 N–H and O–H groups in total. The number of carboxylic acid groups (broad SMARTS) is 1. The van der Waals surface area contributed by atoms with Gasteiger partial charge in [-0.3, -0.25) is 0 Å². The number of phenolic OH excluding ortho intramolecular Hbond substituents is 1. The average Bonchev–Trinajstić information content (AvgIpc) is 2.02. The van der Waals surface area contributed by atoms with E-state index in [1.54, 1.807) is 12.1 Å². The first-order chi connectivity index (χ1) is 6.09. The van der Waals surface area contributed by atoms with E-state index in [0.717, 1.165) is 10.5 Å². The Morgan fingerprint density at radius 3 is 2.69 bits per heavy atom. The highest BCUT2D eigenvalue weighted by Gasteiger charge is 1.97. The summed E-state index contributed by atoms with van der Waals surface area (Å²) >= 11 is 3.18. The molecule has 1 rings (SSSR count). The maximum Gasteiger partial charge on any atom is 0.328 e. The van der Waals surface area contributed by atoms with Gasteiger partial charge in [0, 0.05) is 16.1 Å². The molecule has 0 spiro atoms. The molecule has 1 aromatic carbocycles. The minimum atomic E-state index is -1.04. The predicted octanol–water partition coefficient (Wildman–Crippen LogP) is 2.25. The molecule has 0 fully saturated rings. The molecule has 0 heterocycles. The van der Waals surface area contributed by atoms with E-state index >= 15 is 0 Å². The predicted molar refractivity (Wildman–Crippen MR) is 52.5 cm³/mol. The third-order valence-electron chi connectivity index (χ3n) is 1.40. The summed E-state index contributed by atoms with van der Waals surface area (Å²) in [5.41, 5.74) is 0.477. The molecule has 0 unspecified atom stereocenters. The zero-order valence-electron chi connectivity index (χ0n) is 6.57. The van der Waals surface area contributed by atoms with Crippen LogP contribution in [0, 0.1) is 0 Å². The maximum atomic E-state index is 10.2. The first-order valence-corrected chi connectivity index (χ1v) is 4.28. The van der Waals surface area contributed by atoms with E-state index in [2.05, 4.69) is 15.9 Å². The molecule has 0 amide bonds. The molecular weight excluding hydrogens is 236 g/mol. The molecule has 4 heteroatoms. The summed E-state index contributed by atoms with van der Waals surface area (Å²) in [7, 11) is 0. The summed E-state index contributed by atoms with van der Waals surface area (Å²) in [4.78, 5) is 10.2. The Labute approximate surface area is 83.5 Å². The van der Waals surface area contributed by atoms with Crippen molar-refractivity contribution >= 4 is 28.0 Å². The lowest BCUT2D eigenvalue weighted by molar-refractivity contribution is -0.131. The molecule has 0 radical (unpaired) electrons. The van der Waals surface area contributed by atoms with E-state index in [0.29, 0.717) is 5.56 Å². The smallest absolute Gasteiger partial charge is 0.328 e. The molecule has 0 aliphatic heterocycles. The number of benzene rings is 1. The number of phenols is 1. The summed E-state index contributed by atoms with van der Waals surface area (Å²) in [6.07, 6.45) is 2.31. The van der Waals surface area contributed by atoms with E-state index in [4.69, 9.17) is 5.11 Å². The molecule has 13 heavy (non-hydrogen) atoms. The van der Waals surface area contributed by atoms with Crippen molar-refractivity contribution in [2.75, 3.05) is 0 Å². The second-order valence-corrected chi connectivity index (χ2v) is 3.29. The van der Waals surface area contributed by atoms with Crippen molar-refractivity contribution in [3.63, 3.8) is 0 Å². The largest absolute Gasteiger partial charge is 0.507 e. The molecule has 0 aliphatic rings. The molecule has 68 valence electrons. The summed E-state index contributed by atoms with van der Waals surface area (Å²) in [5, 5.41) is 17.7. The van der Waals surface area contributed by atoms with Crippen molar-refractivity contribution in [3.05, 3.63) is 34.3 Å². The lowest BCUT2D eigenvalue weighted by atomic mass is 10.2. The summed E-state index contributed by atoms with van der Waals surface area (Å²) < 4.78 is 0.748. The van der Waals surface area contributed by atoms with Crippen LogP contribution >= 0.6 is 15.9 Å². The van der Waals surface area contributed by atoms with Crippen molar-refractivity contribution in [2.24, 2.45) is 0 Å². The molecule has 1 aromatic rings. The number of aromatic hydroxyl groups is 1. The van der Waals surface area contributed by atoms with Crippen LogP contribution < -0.4 is 0 Å². The Morgan fingerprint density at radius 2 is 2.15 bits per heavy atom. The topological polar surface area (TPSA) is 57.5 Å². The summed E-state index contributed by atoms with van der Waals surface area (Å²) in [6.45, 7) is 0. The van der Waals surface area contributed by atoms with Crippen LogP contribution in [0.3, 0.4) is 0 Å². The Morgan fingerprint density at radius 1 is 1.46 bits per heavy atom. The van der Waals surface area contributed by atoms with Crippen LogP contribution in [-0.4, -0.2) is 16.2 Å². The van der Waals surface area contributed by atoms with Gasteiger partial charge in [-0.05, 0) is 18.2 Å². The fourth-order valence-electron chi connectivity index (χ4n) is 0.819. The first-order valence-electron chi connectivity index (χ1n) is 3.49. The quantitative estimate of drug-likeness (QED) is 0.783. The van der Waals surface area contributed by atoms with Gasteiger partial charge in [0.1, 0.15) is 5.75 Å². The molecule has 0 aromatic heterocycles. The Balaban J connectivity index is 2.96. The number of hydrogen-bond donors (Lipinski definition) is 2. The fraction of sp³-hybridized carbons (Fsp3) is 0. The van der Waals surface area contributed by atoms with E-state index in [1.807, 2.05) is 0 Å². The van der Waals surface area contributed by atoms with E-state index in [1.165, 1.54) is 12.1 Å².